The van der Waals surface area contributed by atoms with Crippen LogP contribution in [0.3, 0.4) is 0 Å². The molecule has 0 N–H and O–H groups in total. The fourth-order valence-electron chi connectivity index (χ4n) is 0.466. The lowest BCUT2D eigenvalue weighted by molar-refractivity contribution is -0.104. The maximum absolute atomic E-state index is 9.86. The highest BCUT2D eigenvalue weighted by molar-refractivity contribution is 9.11. The molecule has 0 aliphatic heterocycles. The van der Waals surface area contributed by atoms with Crippen molar-refractivity contribution in [2.75, 3.05) is 0 Å². The number of carbonyl (C=O) groups excluding carboxylic acids is 1. The number of halogens is 1. The van der Waals surface area contributed by atoms with Crippen molar-refractivity contribution in [2.24, 2.45) is 0 Å². The standard InChI is InChI=1S/C6H4BrNOS/c7-5-4-8-6(10-5)2-1-3-9/h1-4H/b2-1+. The summed E-state index contributed by atoms with van der Waals surface area (Å²) in [4.78, 5) is 13.8. The zero-order chi connectivity index (χ0) is 7.40. The van der Waals surface area contributed by atoms with Crippen LogP contribution in [-0.4, -0.2) is 11.3 Å². The summed E-state index contributed by atoms with van der Waals surface area (Å²) < 4.78 is 0.970. The summed E-state index contributed by atoms with van der Waals surface area (Å²) >= 11 is 4.75. The van der Waals surface area contributed by atoms with Crippen LogP contribution in [0.5, 0.6) is 0 Å². The molecule has 0 unspecified atom stereocenters. The molecule has 1 rings (SSSR count). The highest BCUT2D eigenvalue weighted by atomic mass is 79.9. The zero-order valence-corrected chi connectivity index (χ0v) is 7.35. The van der Waals surface area contributed by atoms with Crippen molar-refractivity contribution in [2.45, 2.75) is 0 Å². The molecular weight excluding hydrogens is 214 g/mol. The van der Waals surface area contributed by atoms with Crippen LogP contribution in [0, 0.1) is 0 Å². The molecule has 1 aromatic rings. The van der Waals surface area contributed by atoms with Gasteiger partial charge in [-0.15, -0.1) is 11.3 Å². The minimum atomic E-state index is 0.731. The Kier molecular flexibility index (Phi) is 2.77. The van der Waals surface area contributed by atoms with Gasteiger partial charge in [0.2, 0.25) is 0 Å². The van der Waals surface area contributed by atoms with Gasteiger partial charge in [-0.1, -0.05) is 0 Å². The lowest BCUT2D eigenvalue weighted by atomic mass is 10.5. The van der Waals surface area contributed by atoms with Gasteiger partial charge in [-0.05, 0) is 28.1 Å². The van der Waals surface area contributed by atoms with E-state index in [1.54, 1.807) is 12.3 Å². The van der Waals surface area contributed by atoms with E-state index in [2.05, 4.69) is 20.9 Å². The third kappa shape index (κ3) is 2.04. The number of hydrogen-bond acceptors (Lipinski definition) is 3. The quantitative estimate of drug-likeness (QED) is 0.562. The molecule has 0 saturated carbocycles. The van der Waals surface area contributed by atoms with E-state index in [9.17, 15) is 4.79 Å². The van der Waals surface area contributed by atoms with Gasteiger partial charge in [0.1, 0.15) is 11.3 Å². The average molecular weight is 218 g/mol. The molecule has 1 aromatic heterocycles. The first-order chi connectivity index (χ1) is 4.83. The Morgan fingerprint density at radius 2 is 2.50 bits per heavy atom. The van der Waals surface area contributed by atoms with E-state index in [-0.39, 0.29) is 0 Å². The Labute approximate surface area is 70.7 Å². The van der Waals surface area contributed by atoms with Crippen molar-refractivity contribution in [3.8, 4) is 0 Å². The van der Waals surface area contributed by atoms with E-state index in [0.29, 0.717) is 0 Å². The second kappa shape index (κ2) is 3.63. The molecule has 0 fully saturated rings. The Hall–Kier alpha value is -0.480. The van der Waals surface area contributed by atoms with Gasteiger partial charge in [0.05, 0.1) is 9.98 Å². The number of nitrogens with zero attached hydrogens (tertiary/aromatic N) is 1. The molecule has 0 atom stereocenters. The van der Waals surface area contributed by atoms with Crippen molar-refractivity contribution in [3.63, 3.8) is 0 Å². The Morgan fingerprint density at radius 1 is 1.70 bits per heavy atom. The summed E-state index contributed by atoms with van der Waals surface area (Å²) in [5.74, 6) is 0. The molecule has 0 amide bonds. The third-order valence-corrected chi connectivity index (χ3v) is 2.25. The number of hydrogen-bond donors (Lipinski definition) is 0. The van der Waals surface area contributed by atoms with Crippen molar-refractivity contribution in [1.29, 1.82) is 0 Å². The molecule has 4 heteroatoms. The first-order valence-electron chi connectivity index (χ1n) is 2.56. The number of aromatic nitrogens is 1. The second-order valence-electron chi connectivity index (χ2n) is 1.50. The minimum Gasteiger partial charge on any atom is -0.299 e. The van der Waals surface area contributed by atoms with Gasteiger partial charge in [0.15, 0.2) is 0 Å². The van der Waals surface area contributed by atoms with Gasteiger partial charge in [0, 0.05) is 0 Å². The average Bonchev–Trinajstić information content (AvgIpc) is 2.31. The number of carbonyl (C=O) groups is 1. The van der Waals surface area contributed by atoms with Gasteiger partial charge < -0.3 is 0 Å². The molecule has 2 nitrogen and oxygen atoms in total. The number of allylic oxidation sites excluding steroid dienone is 1. The smallest absolute Gasteiger partial charge is 0.142 e. The van der Waals surface area contributed by atoms with E-state index in [1.807, 2.05) is 0 Å². The van der Waals surface area contributed by atoms with E-state index in [0.717, 1.165) is 15.1 Å². The molecule has 0 spiro atoms. The normalized spacial score (nSPS) is 10.5. The Bertz CT molecular complexity index is 256. The molecule has 0 bridgehead atoms. The van der Waals surface area contributed by atoms with Crippen molar-refractivity contribution in [1.82, 2.24) is 4.98 Å². The van der Waals surface area contributed by atoms with Crippen molar-refractivity contribution >= 4 is 39.6 Å². The number of thiazole rings is 1. The molecular formula is C6H4BrNOS. The predicted molar refractivity (Wildman–Crippen MR) is 44.9 cm³/mol. The van der Waals surface area contributed by atoms with Gasteiger partial charge >= 0.3 is 0 Å². The van der Waals surface area contributed by atoms with Gasteiger partial charge in [-0.3, -0.25) is 4.79 Å². The molecule has 0 saturated heterocycles. The summed E-state index contributed by atoms with van der Waals surface area (Å²) in [6.07, 6.45) is 5.53. The van der Waals surface area contributed by atoms with Gasteiger partial charge in [-0.2, -0.15) is 0 Å². The lowest BCUT2D eigenvalue weighted by Crippen LogP contribution is -1.64. The molecule has 0 aliphatic rings. The first kappa shape index (κ1) is 7.63. The minimum absolute atomic E-state index is 0.731. The van der Waals surface area contributed by atoms with Crippen molar-refractivity contribution in [3.05, 3.63) is 21.1 Å². The SMILES string of the molecule is O=C/C=C/c1ncc(Br)s1. The molecule has 1 heterocycles. The lowest BCUT2D eigenvalue weighted by Gasteiger charge is -1.74. The van der Waals surface area contributed by atoms with Crippen molar-refractivity contribution < 1.29 is 4.79 Å². The van der Waals surface area contributed by atoms with E-state index in [1.165, 1.54) is 17.4 Å². The van der Waals surface area contributed by atoms with E-state index >= 15 is 0 Å². The predicted octanol–water partition coefficient (Wildman–Crippen LogP) is 2.12. The monoisotopic (exact) mass is 217 g/mol. The number of rotatable bonds is 2. The summed E-state index contributed by atoms with van der Waals surface area (Å²) in [6, 6.07) is 0. The summed E-state index contributed by atoms with van der Waals surface area (Å²) in [5.41, 5.74) is 0. The highest BCUT2D eigenvalue weighted by Crippen LogP contribution is 2.19. The van der Waals surface area contributed by atoms with Crippen LogP contribution in [-0.2, 0) is 4.79 Å². The van der Waals surface area contributed by atoms with Gasteiger partial charge in [0.25, 0.3) is 0 Å². The Balaban J connectivity index is 2.75. The number of aldehydes is 1. The van der Waals surface area contributed by atoms with E-state index < -0.39 is 0 Å². The van der Waals surface area contributed by atoms with E-state index in [4.69, 9.17) is 0 Å². The second-order valence-corrected chi connectivity index (χ2v) is 3.94. The summed E-state index contributed by atoms with van der Waals surface area (Å²) in [5, 5.41) is 0.832. The summed E-state index contributed by atoms with van der Waals surface area (Å²) in [6.45, 7) is 0. The summed E-state index contributed by atoms with van der Waals surface area (Å²) in [7, 11) is 0. The first-order valence-corrected chi connectivity index (χ1v) is 4.17. The van der Waals surface area contributed by atoms with Crippen LogP contribution in [0.4, 0.5) is 0 Å². The maximum atomic E-state index is 9.86. The molecule has 0 radical (unpaired) electrons. The molecule has 0 aromatic carbocycles. The van der Waals surface area contributed by atoms with Crippen LogP contribution in [0.1, 0.15) is 5.01 Å². The molecule has 52 valence electrons. The zero-order valence-electron chi connectivity index (χ0n) is 4.95. The molecule has 10 heavy (non-hydrogen) atoms. The van der Waals surface area contributed by atoms with Crippen LogP contribution in [0.2, 0.25) is 0 Å². The fourth-order valence-corrected chi connectivity index (χ4v) is 1.62. The van der Waals surface area contributed by atoms with Crippen LogP contribution < -0.4 is 0 Å². The topological polar surface area (TPSA) is 30.0 Å². The largest absolute Gasteiger partial charge is 0.299 e. The van der Waals surface area contributed by atoms with Crippen LogP contribution >= 0.6 is 27.3 Å². The maximum Gasteiger partial charge on any atom is 0.142 e. The van der Waals surface area contributed by atoms with Gasteiger partial charge in [-0.25, -0.2) is 4.98 Å². The van der Waals surface area contributed by atoms with Crippen LogP contribution in [0.25, 0.3) is 6.08 Å². The third-order valence-electron chi connectivity index (χ3n) is 0.813. The molecule has 0 aliphatic carbocycles. The van der Waals surface area contributed by atoms with Crippen LogP contribution in [0.15, 0.2) is 16.1 Å². The Morgan fingerprint density at radius 3 is 3.00 bits per heavy atom. The highest BCUT2D eigenvalue weighted by Gasteiger charge is 1.92. The fraction of sp³-hybridized carbons (Fsp3) is 0.